The van der Waals surface area contributed by atoms with Crippen molar-refractivity contribution in [1.29, 1.82) is 0 Å². The van der Waals surface area contributed by atoms with Crippen LogP contribution in [0.1, 0.15) is 38.1 Å². The second kappa shape index (κ2) is 7.78. The summed E-state index contributed by atoms with van der Waals surface area (Å²) in [6.45, 7) is 8.18. The van der Waals surface area contributed by atoms with Crippen molar-refractivity contribution >= 4 is 16.8 Å². The van der Waals surface area contributed by atoms with Gasteiger partial charge in [-0.15, -0.1) is 0 Å². The molecule has 1 aromatic heterocycles. The molecule has 0 aliphatic heterocycles. The topological polar surface area (TPSA) is 42.4 Å². The van der Waals surface area contributed by atoms with E-state index in [1.165, 1.54) is 0 Å². The van der Waals surface area contributed by atoms with Crippen molar-refractivity contribution < 1.29 is 9.53 Å². The zero-order chi connectivity index (χ0) is 19.6. The van der Waals surface area contributed by atoms with Crippen LogP contribution in [0.4, 0.5) is 0 Å². The van der Waals surface area contributed by atoms with E-state index in [1.807, 2.05) is 87.2 Å². The van der Waals surface area contributed by atoms with Crippen LogP contribution in [-0.4, -0.2) is 35.0 Å². The van der Waals surface area contributed by atoms with Gasteiger partial charge in [0.1, 0.15) is 5.75 Å². The van der Waals surface area contributed by atoms with Gasteiger partial charge in [0.15, 0.2) is 0 Å². The van der Waals surface area contributed by atoms with Crippen LogP contribution >= 0.6 is 0 Å². The normalized spacial score (nSPS) is 11.2. The Bertz CT molecular complexity index is 956. The van der Waals surface area contributed by atoms with Crippen molar-refractivity contribution in [3.05, 3.63) is 60.2 Å². The van der Waals surface area contributed by atoms with E-state index in [1.54, 1.807) is 7.11 Å². The van der Waals surface area contributed by atoms with Gasteiger partial charge in [-0.2, -0.15) is 0 Å². The Hall–Kier alpha value is -2.88. The molecule has 0 saturated heterocycles. The van der Waals surface area contributed by atoms with Crippen molar-refractivity contribution in [3.8, 4) is 17.0 Å². The highest BCUT2D eigenvalue weighted by Gasteiger charge is 2.24. The molecule has 4 nitrogen and oxygen atoms in total. The molecule has 0 atom stereocenters. The van der Waals surface area contributed by atoms with E-state index in [0.717, 1.165) is 27.9 Å². The molecule has 0 fully saturated rings. The summed E-state index contributed by atoms with van der Waals surface area (Å²) in [5, 5.41) is 0.875. The number of hydrogen-bond acceptors (Lipinski definition) is 3. The third-order valence-corrected chi connectivity index (χ3v) is 4.66. The number of para-hydroxylation sites is 1. The van der Waals surface area contributed by atoms with Crippen LogP contribution in [-0.2, 0) is 0 Å². The Kier molecular flexibility index (Phi) is 5.45. The minimum absolute atomic E-state index is 0.0303. The van der Waals surface area contributed by atoms with Gasteiger partial charge in [-0.3, -0.25) is 4.79 Å². The third kappa shape index (κ3) is 3.80. The number of pyridine rings is 1. The van der Waals surface area contributed by atoms with E-state index in [9.17, 15) is 4.79 Å². The lowest BCUT2D eigenvalue weighted by Gasteiger charge is -2.31. The molecular weight excluding hydrogens is 336 g/mol. The third-order valence-electron chi connectivity index (χ3n) is 4.66. The van der Waals surface area contributed by atoms with Crippen molar-refractivity contribution in [3.63, 3.8) is 0 Å². The predicted octanol–water partition coefficient (Wildman–Crippen LogP) is 5.17. The van der Waals surface area contributed by atoms with Crippen molar-refractivity contribution in [2.24, 2.45) is 0 Å². The van der Waals surface area contributed by atoms with Gasteiger partial charge in [0.05, 0.1) is 23.9 Å². The molecule has 0 saturated carbocycles. The molecule has 0 bridgehead atoms. The van der Waals surface area contributed by atoms with Gasteiger partial charge >= 0.3 is 0 Å². The Morgan fingerprint density at radius 2 is 1.67 bits per heavy atom. The first-order valence-electron chi connectivity index (χ1n) is 9.29. The van der Waals surface area contributed by atoms with Gasteiger partial charge in [0.2, 0.25) is 0 Å². The fourth-order valence-electron chi connectivity index (χ4n) is 3.49. The number of carbonyl (C=O) groups excluding carboxylic acids is 1. The molecule has 0 aliphatic carbocycles. The maximum absolute atomic E-state index is 13.4. The Morgan fingerprint density at radius 3 is 2.33 bits per heavy atom. The molecule has 0 unspecified atom stereocenters. The van der Waals surface area contributed by atoms with Crippen LogP contribution in [0.3, 0.4) is 0 Å². The second-order valence-electron chi connectivity index (χ2n) is 7.20. The number of fused-ring (bicyclic) bond motifs is 1. The first-order chi connectivity index (χ1) is 12.9. The van der Waals surface area contributed by atoms with Crippen molar-refractivity contribution in [2.45, 2.75) is 39.8 Å². The molecule has 2 aromatic carbocycles. The number of carbonyl (C=O) groups is 1. The molecule has 0 radical (unpaired) electrons. The lowest BCUT2D eigenvalue weighted by Crippen LogP contribution is -2.42. The number of ether oxygens (including phenoxy) is 1. The van der Waals surface area contributed by atoms with Gasteiger partial charge in [-0.25, -0.2) is 4.98 Å². The summed E-state index contributed by atoms with van der Waals surface area (Å²) >= 11 is 0. The molecule has 1 heterocycles. The summed E-state index contributed by atoms with van der Waals surface area (Å²) in [4.78, 5) is 20.1. The smallest absolute Gasteiger partial charge is 0.255 e. The molecule has 0 aliphatic rings. The molecule has 140 valence electrons. The van der Waals surface area contributed by atoms with E-state index >= 15 is 0 Å². The van der Waals surface area contributed by atoms with Gasteiger partial charge in [0, 0.05) is 23.0 Å². The molecule has 4 heteroatoms. The van der Waals surface area contributed by atoms with Gasteiger partial charge < -0.3 is 9.64 Å². The zero-order valence-corrected chi connectivity index (χ0v) is 16.6. The lowest BCUT2D eigenvalue weighted by atomic mass is 10.0. The van der Waals surface area contributed by atoms with Crippen molar-refractivity contribution in [1.82, 2.24) is 9.88 Å². The number of benzene rings is 2. The van der Waals surface area contributed by atoms with Gasteiger partial charge in [0.25, 0.3) is 5.91 Å². The van der Waals surface area contributed by atoms with E-state index < -0.39 is 0 Å². The number of aromatic nitrogens is 1. The maximum Gasteiger partial charge on any atom is 0.255 e. The molecule has 3 aromatic rings. The quantitative estimate of drug-likeness (QED) is 0.629. The average Bonchev–Trinajstić information content (AvgIpc) is 2.66. The fourth-order valence-corrected chi connectivity index (χ4v) is 3.49. The summed E-state index contributed by atoms with van der Waals surface area (Å²) < 4.78 is 5.34. The Labute approximate surface area is 160 Å². The van der Waals surface area contributed by atoms with Crippen LogP contribution < -0.4 is 4.74 Å². The van der Waals surface area contributed by atoms with E-state index in [0.29, 0.717) is 5.56 Å². The SMILES string of the molecule is COc1cccc(-c2cc(C(=O)N(C(C)C)C(C)C)c3ccccc3n2)c1. The van der Waals surface area contributed by atoms with Crippen LogP contribution in [0, 0.1) is 0 Å². The highest BCUT2D eigenvalue weighted by Crippen LogP contribution is 2.28. The monoisotopic (exact) mass is 362 g/mol. The van der Waals surface area contributed by atoms with Crippen LogP contribution in [0.2, 0.25) is 0 Å². The van der Waals surface area contributed by atoms with E-state index in [2.05, 4.69) is 0 Å². The molecule has 27 heavy (non-hydrogen) atoms. The summed E-state index contributed by atoms with van der Waals surface area (Å²) in [6.07, 6.45) is 0. The molecule has 0 N–H and O–H groups in total. The van der Waals surface area contributed by atoms with Gasteiger partial charge in [-0.1, -0.05) is 30.3 Å². The maximum atomic E-state index is 13.4. The summed E-state index contributed by atoms with van der Waals surface area (Å²) in [6, 6.07) is 17.7. The highest BCUT2D eigenvalue weighted by atomic mass is 16.5. The van der Waals surface area contributed by atoms with Crippen molar-refractivity contribution in [2.75, 3.05) is 7.11 Å². The average molecular weight is 362 g/mol. The first kappa shape index (κ1) is 18.9. The number of nitrogens with zero attached hydrogens (tertiary/aromatic N) is 2. The Balaban J connectivity index is 2.20. The number of rotatable bonds is 5. The second-order valence-corrected chi connectivity index (χ2v) is 7.20. The molecular formula is C23H26N2O2. The number of methoxy groups -OCH3 is 1. The standard InChI is InChI=1S/C23H26N2O2/c1-15(2)25(16(3)4)23(26)20-14-22(17-9-8-10-18(13-17)27-5)24-21-12-7-6-11-19(20)21/h6-16H,1-5H3. The van der Waals surface area contributed by atoms with E-state index in [4.69, 9.17) is 9.72 Å². The molecule has 0 spiro atoms. The lowest BCUT2D eigenvalue weighted by molar-refractivity contribution is 0.0646. The van der Waals surface area contributed by atoms with Crippen LogP contribution in [0.15, 0.2) is 54.6 Å². The number of amides is 1. The van der Waals surface area contributed by atoms with Crippen LogP contribution in [0.5, 0.6) is 5.75 Å². The fraction of sp³-hybridized carbons (Fsp3) is 0.304. The Morgan fingerprint density at radius 1 is 0.963 bits per heavy atom. The summed E-state index contributed by atoms with van der Waals surface area (Å²) in [5.74, 6) is 0.795. The summed E-state index contributed by atoms with van der Waals surface area (Å²) in [7, 11) is 1.64. The van der Waals surface area contributed by atoms with Crippen LogP contribution in [0.25, 0.3) is 22.2 Å². The largest absolute Gasteiger partial charge is 0.497 e. The zero-order valence-electron chi connectivity index (χ0n) is 16.6. The van der Waals surface area contributed by atoms with E-state index in [-0.39, 0.29) is 18.0 Å². The predicted molar refractivity (Wildman–Crippen MR) is 110 cm³/mol. The summed E-state index contributed by atoms with van der Waals surface area (Å²) in [5.41, 5.74) is 3.19. The van der Waals surface area contributed by atoms with Gasteiger partial charge in [-0.05, 0) is 52.0 Å². The highest BCUT2D eigenvalue weighted by molar-refractivity contribution is 6.07. The number of hydrogen-bond donors (Lipinski definition) is 0. The molecule has 3 rings (SSSR count). The molecule has 1 amide bonds. The minimum Gasteiger partial charge on any atom is -0.497 e. The first-order valence-corrected chi connectivity index (χ1v) is 9.29. The minimum atomic E-state index is 0.0303.